The molecule has 1 aromatic carbocycles. The summed E-state index contributed by atoms with van der Waals surface area (Å²) >= 11 is 1.95. The zero-order valence-corrected chi connectivity index (χ0v) is 14.1. The van der Waals surface area contributed by atoms with Crippen molar-refractivity contribution in [3.8, 4) is 0 Å². The molecule has 0 aliphatic heterocycles. The minimum atomic E-state index is 0.271. The Morgan fingerprint density at radius 3 is 2.57 bits per heavy atom. The molecule has 1 aromatic heterocycles. The number of benzene rings is 1. The Kier molecular flexibility index (Phi) is 4.19. The summed E-state index contributed by atoms with van der Waals surface area (Å²) in [5.74, 6) is 0. The maximum absolute atomic E-state index is 3.75. The summed E-state index contributed by atoms with van der Waals surface area (Å²) in [6, 6.07) is 14.1. The summed E-state index contributed by atoms with van der Waals surface area (Å²) in [7, 11) is 0. The van der Waals surface area contributed by atoms with Crippen molar-refractivity contribution in [2.24, 2.45) is 0 Å². The van der Waals surface area contributed by atoms with E-state index in [4.69, 9.17) is 0 Å². The van der Waals surface area contributed by atoms with Gasteiger partial charge in [0.2, 0.25) is 0 Å². The average molecular weight is 299 g/mol. The van der Waals surface area contributed by atoms with E-state index in [9.17, 15) is 0 Å². The van der Waals surface area contributed by atoms with E-state index in [2.05, 4.69) is 62.5 Å². The monoisotopic (exact) mass is 299 g/mol. The normalized spacial score (nSPS) is 18.5. The summed E-state index contributed by atoms with van der Waals surface area (Å²) in [6.45, 7) is 7.86. The first-order valence-corrected chi connectivity index (χ1v) is 8.73. The minimum Gasteiger partial charge on any atom is -0.309 e. The molecule has 1 atom stereocenters. The van der Waals surface area contributed by atoms with E-state index < -0.39 is 0 Å². The Labute approximate surface area is 132 Å². The predicted molar refractivity (Wildman–Crippen MR) is 92.1 cm³/mol. The molecule has 0 amide bonds. The highest BCUT2D eigenvalue weighted by atomic mass is 32.1. The molecule has 0 radical (unpaired) electrons. The van der Waals surface area contributed by atoms with Crippen molar-refractivity contribution >= 4 is 11.3 Å². The second-order valence-corrected chi connectivity index (χ2v) is 8.27. The van der Waals surface area contributed by atoms with E-state index in [1.54, 1.807) is 5.56 Å². The lowest BCUT2D eigenvalue weighted by atomic mass is 9.88. The molecule has 1 N–H and O–H groups in total. The summed E-state index contributed by atoms with van der Waals surface area (Å²) in [4.78, 5) is 2.94. The number of nitrogens with one attached hydrogen (secondary N) is 1. The summed E-state index contributed by atoms with van der Waals surface area (Å²) in [6.07, 6.45) is 3.65. The zero-order valence-electron chi connectivity index (χ0n) is 13.3. The Hall–Kier alpha value is -1.12. The Balaban J connectivity index is 1.58. The van der Waals surface area contributed by atoms with E-state index in [0.717, 1.165) is 6.54 Å². The largest absolute Gasteiger partial charge is 0.309 e. The molecule has 112 valence electrons. The van der Waals surface area contributed by atoms with Crippen LogP contribution in [0.25, 0.3) is 0 Å². The SMILES string of the molecule is CC(C)(C)c1ccc(CNC2CCc3ccccc3C2)s1. The van der Waals surface area contributed by atoms with Gasteiger partial charge < -0.3 is 5.32 Å². The molecule has 1 heterocycles. The van der Waals surface area contributed by atoms with Gasteiger partial charge in [0.1, 0.15) is 0 Å². The van der Waals surface area contributed by atoms with Gasteiger partial charge in [0, 0.05) is 22.3 Å². The number of hydrogen-bond acceptors (Lipinski definition) is 2. The molecular weight excluding hydrogens is 274 g/mol. The van der Waals surface area contributed by atoms with Crippen molar-refractivity contribution in [2.45, 2.75) is 58.0 Å². The van der Waals surface area contributed by atoms with Gasteiger partial charge in [0.15, 0.2) is 0 Å². The number of fused-ring (bicyclic) bond motifs is 1. The number of rotatable bonds is 3. The third-order valence-electron chi connectivity index (χ3n) is 4.31. The van der Waals surface area contributed by atoms with E-state index in [-0.39, 0.29) is 5.41 Å². The molecule has 0 bridgehead atoms. The van der Waals surface area contributed by atoms with Gasteiger partial charge in [-0.2, -0.15) is 0 Å². The van der Waals surface area contributed by atoms with Gasteiger partial charge in [-0.25, -0.2) is 0 Å². The molecule has 0 fully saturated rings. The average Bonchev–Trinajstić information content (AvgIpc) is 2.94. The van der Waals surface area contributed by atoms with Crippen LogP contribution in [0, 0.1) is 0 Å². The lowest BCUT2D eigenvalue weighted by Gasteiger charge is -2.25. The molecule has 1 unspecified atom stereocenters. The highest BCUT2D eigenvalue weighted by molar-refractivity contribution is 7.12. The molecule has 1 nitrogen and oxygen atoms in total. The number of thiophene rings is 1. The molecule has 2 heteroatoms. The van der Waals surface area contributed by atoms with Gasteiger partial charge in [-0.3, -0.25) is 0 Å². The van der Waals surface area contributed by atoms with Crippen molar-refractivity contribution < 1.29 is 0 Å². The van der Waals surface area contributed by atoms with E-state index in [1.807, 2.05) is 11.3 Å². The zero-order chi connectivity index (χ0) is 14.9. The summed E-state index contributed by atoms with van der Waals surface area (Å²) in [5, 5.41) is 3.75. The van der Waals surface area contributed by atoms with Crippen LogP contribution in [0.1, 0.15) is 48.1 Å². The molecule has 21 heavy (non-hydrogen) atoms. The first kappa shape index (κ1) is 14.8. The van der Waals surface area contributed by atoms with Gasteiger partial charge in [-0.05, 0) is 47.9 Å². The van der Waals surface area contributed by atoms with Gasteiger partial charge in [-0.15, -0.1) is 11.3 Å². The molecule has 1 aliphatic carbocycles. The number of aryl methyl sites for hydroxylation is 1. The van der Waals surface area contributed by atoms with Gasteiger partial charge >= 0.3 is 0 Å². The topological polar surface area (TPSA) is 12.0 Å². The third-order valence-corrected chi connectivity index (χ3v) is 5.82. The van der Waals surface area contributed by atoms with Gasteiger partial charge in [-0.1, -0.05) is 45.0 Å². The van der Waals surface area contributed by atoms with E-state index in [0.29, 0.717) is 6.04 Å². The smallest absolute Gasteiger partial charge is 0.0302 e. The highest BCUT2D eigenvalue weighted by Crippen LogP contribution is 2.29. The molecule has 0 saturated heterocycles. The molecule has 0 spiro atoms. The van der Waals surface area contributed by atoms with Crippen LogP contribution in [0.4, 0.5) is 0 Å². The second kappa shape index (κ2) is 5.94. The summed E-state index contributed by atoms with van der Waals surface area (Å²) in [5.41, 5.74) is 3.34. The predicted octanol–water partition coefficient (Wildman–Crippen LogP) is 4.69. The molecule has 1 aliphatic rings. The maximum Gasteiger partial charge on any atom is 0.0302 e. The Morgan fingerprint density at radius 2 is 1.86 bits per heavy atom. The van der Waals surface area contributed by atoms with Crippen molar-refractivity contribution in [3.63, 3.8) is 0 Å². The van der Waals surface area contributed by atoms with Crippen molar-refractivity contribution in [1.82, 2.24) is 5.32 Å². The first-order chi connectivity index (χ1) is 10.0. The van der Waals surface area contributed by atoms with Crippen LogP contribution >= 0.6 is 11.3 Å². The Morgan fingerprint density at radius 1 is 1.10 bits per heavy atom. The fourth-order valence-electron chi connectivity index (χ4n) is 2.99. The third kappa shape index (κ3) is 3.56. The Bertz CT molecular complexity index is 606. The van der Waals surface area contributed by atoms with Crippen LogP contribution in [0.2, 0.25) is 0 Å². The lowest BCUT2D eigenvalue weighted by molar-refractivity contribution is 0.459. The van der Waals surface area contributed by atoms with Crippen molar-refractivity contribution in [1.29, 1.82) is 0 Å². The van der Waals surface area contributed by atoms with Crippen LogP contribution < -0.4 is 5.32 Å². The highest BCUT2D eigenvalue weighted by Gasteiger charge is 2.19. The fourth-order valence-corrected chi connectivity index (χ4v) is 4.01. The van der Waals surface area contributed by atoms with Crippen LogP contribution in [0.15, 0.2) is 36.4 Å². The maximum atomic E-state index is 3.75. The van der Waals surface area contributed by atoms with Crippen LogP contribution in [0.5, 0.6) is 0 Å². The quantitative estimate of drug-likeness (QED) is 0.866. The first-order valence-electron chi connectivity index (χ1n) is 7.92. The lowest BCUT2D eigenvalue weighted by Crippen LogP contribution is -2.33. The van der Waals surface area contributed by atoms with Gasteiger partial charge in [0.25, 0.3) is 0 Å². The standard InChI is InChI=1S/C19H25NS/c1-19(2,3)18-11-10-17(21-18)13-20-16-9-8-14-6-4-5-7-15(14)12-16/h4-7,10-11,16,20H,8-9,12-13H2,1-3H3. The van der Waals surface area contributed by atoms with Crippen molar-refractivity contribution in [3.05, 3.63) is 57.3 Å². The van der Waals surface area contributed by atoms with E-state index >= 15 is 0 Å². The molecular formula is C19H25NS. The second-order valence-electron chi connectivity index (χ2n) is 7.11. The molecule has 0 saturated carbocycles. The molecule has 2 aromatic rings. The van der Waals surface area contributed by atoms with Crippen LogP contribution in [-0.4, -0.2) is 6.04 Å². The van der Waals surface area contributed by atoms with E-state index in [1.165, 1.54) is 34.6 Å². The van der Waals surface area contributed by atoms with Crippen LogP contribution in [-0.2, 0) is 24.8 Å². The fraction of sp³-hybridized carbons (Fsp3) is 0.474. The number of hydrogen-bond donors (Lipinski definition) is 1. The molecule has 3 rings (SSSR count). The van der Waals surface area contributed by atoms with Crippen molar-refractivity contribution in [2.75, 3.05) is 0 Å². The summed E-state index contributed by atoms with van der Waals surface area (Å²) < 4.78 is 0. The van der Waals surface area contributed by atoms with Gasteiger partial charge in [0.05, 0.1) is 0 Å². The van der Waals surface area contributed by atoms with Crippen LogP contribution in [0.3, 0.4) is 0 Å². The minimum absolute atomic E-state index is 0.271.